The van der Waals surface area contributed by atoms with Crippen LogP contribution in [0.1, 0.15) is 37.7 Å². The van der Waals surface area contributed by atoms with Crippen molar-refractivity contribution in [2.45, 2.75) is 33.2 Å². The lowest BCUT2D eigenvalue weighted by Gasteiger charge is -2.25. The molecule has 1 aromatic heterocycles. The minimum atomic E-state index is -0.284. The number of furan rings is 1. The maximum Gasteiger partial charge on any atom is 0.287 e. The van der Waals surface area contributed by atoms with E-state index < -0.39 is 0 Å². The second-order valence-electron chi connectivity index (χ2n) is 5.10. The first-order valence-corrected chi connectivity index (χ1v) is 5.37. The zero-order chi connectivity index (χ0) is 12.2. The summed E-state index contributed by atoms with van der Waals surface area (Å²) in [7, 11) is 0. The molecule has 0 aliphatic heterocycles. The summed E-state index contributed by atoms with van der Waals surface area (Å²) in [6, 6.07) is 3.02. The van der Waals surface area contributed by atoms with Gasteiger partial charge in [-0.2, -0.15) is 0 Å². The SMILES string of the molecule is CC(C)(C)CC(CO)NC(=O)c1ccco1. The van der Waals surface area contributed by atoms with E-state index in [2.05, 4.69) is 26.1 Å². The number of amides is 1. The van der Waals surface area contributed by atoms with Gasteiger partial charge in [-0.25, -0.2) is 0 Å². The summed E-state index contributed by atoms with van der Waals surface area (Å²) in [5.74, 6) is -0.0133. The Morgan fingerprint density at radius 2 is 2.25 bits per heavy atom. The van der Waals surface area contributed by atoms with Gasteiger partial charge in [0.25, 0.3) is 5.91 Å². The molecule has 1 aromatic rings. The van der Waals surface area contributed by atoms with Crippen LogP contribution in [-0.4, -0.2) is 23.7 Å². The van der Waals surface area contributed by atoms with Crippen molar-refractivity contribution in [1.29, 1.82) is 0 Å². The van der Waals surface area contributed by atoms with Gasteiger partial charge in [0.05, 0.1) is 18.9 Å². The Kier molecular flexibility index (Phi) is 4.12. The summed E-state index contributed by atoms with van der Waals surface area (Å²) in [5.41, 5.74) is 0.0594. The standard InChI is InChI=1S/C12H19NO3/c1-12(2,3)7-9(8-14)13-11(15)10-5-4-6-16-10/h4-6,9,14H,7-8H2,1-3H3,(H,13,15). The average molecular weight is 225 g/mol. The molecule has 0 bridgehead atoms. The van der Waals surface area contributed by atoms with Crippen molar-refractivity contribution in [3.05, 3.63) is 24.2 Å². The van der Waals surface area contributed by atoms with Gasteiger partial charge in [-0.15, -0.1) is 0 Å². The van der Waals surface area contributed by atoms with Crippen LogP contribution in [0, 0.1) is 5.41 Å². The first-order valence-electron chi connectivity index (χ1n) is 5.37. The quantitative estimate of drug-likeness (QED) is 0.821. The molecule has 1 unspecified atom stereocenters. The predicted molar refractivity (Wildman–Crippen MR) is 61.1 cm³/mol. The molecule has 4 nitrogen and oxygen atoms in total. The van der Waals surface area contributed by atoms with E-state index in [-0.39, 0.29) is 29.7 Å². The number of carbonyl (C=O) groups is 1. The topological polar surface area (TPSA) is 62.5 Å². The van der Waals surface area contributed by atoms with E-state index >= 15 is 0 Å². The second-order valence-corrected chi connectivity index (χ2v) is 5.10. The molecule has 90 valence electrons. The number of hydrogen-bond acceptors (Lipinski definition) is 3. The fourth-order valence-corrected chi connectivity index (χ4v) is 1.56. The van der Waals surface area contributed by atoms with Crippen LogP contribution in [0.2, 0.25) is 0 Å². The highest BCUT2D eigenvalue weighted by molar-refractivity contribution is 5.91. The smallest absolute Gasteiger partial charge is 0.287 e. The number of rotatable bonds is 4. The van der Waals surface area contributed by atoms with E-state index in [1.165, 1.54) is 6.26 Å². The maximum absolute atomic E-state index is 11.6. The lowest BCUT2D eigenvalue weighted by Crippen LogP contribution is -2.39. The first kappa shape index (κ1) is 12.8. The lowest BCUT2D eigenvalue weighted by atomic mass is 9.88. The van der Waals surface area contributed by atoms with Crippen LogP contribution in [0.4, 0.5) is 0 Å². The third-order valence-corrected chi connectivity index (χ3v) is 2.16. The summed E-state index contributed by atoms with van der Waals surface area (Å²) >= 11 is 0. The van der Waals surface area contributed by atoms with Crippen molar-refractivity contribution in [2.24, 2.45) is 5.41 Å². The van der Waals surface area contributed by atoms with Crippen LogP contribution in [0.25, 0.3) is 0 Å². The molecule has 2 N–H and O–H groups in total. The molecule has 4 heteroatoms. The molecule has 1 atom stereocenters. The molecular weight excluding hydrogens is 206 g/mol. The van der Waals surface area contributed by atoms with Crippen LogP contribution in [0.5, 0.6) is 0 Å². The number of nitrogens with one attached hydrogen (secondary N) is 1. The summed E-state index contributed by atoms with van der Waals surface area (Å²) in [6.07, 6.45) is 2.17. The van der Waals surface area contributed by atoms with Crippen molar-refractivity contribution in [3.63, 3.8) is 0 Å². The molecule has 0 aliphatic carbocycles. The van der Waals surface area contributed by atoms with Crippen LogP contribution < -0.4 is 5.32 Å². The van der Waals surface area contributed by atoms with Crippen LogP contribution in [0.3, 0.4) is 0 Å². The van der Waals surface area contributed by atoms with E-state index in [0.717, 1.165) is 6.42 Å². The molecule has 16 heavy (non-hydrogen) atoms. The van der Waals surface area contributed by atoms with Crippen LogP contribution in [0.15, 0.2) is 22.8 Å². The van der Waals surface area contributed by atoms with Crippen molar-refractivity contribution < 1.29 is 14.3 Å². The molecule has 0 aliphatic rings. The molecular formula is C12H19NO3. The average Bonchev–Trinajstić information content (AvgIpc) is 2.67. The lowest BCUT2D eigenvalue weighted by molar-refractivity contribution is 0.0870. The molecule has 1 amide bonds. The van der Waals surface area contributed by atoms with Gasteiger partial charge in [0.1, 0.15) is 0 Å². The zero-order valence-corrected chi connectivity index (χ0v) is 9.99. The first-order chi connectivity index (χ1) is 7.42. The molecule has 0 radical (unpaired) electrons. The van der Waals surface area contributed by atoms with Gasteiger partial charge in [0.2, 0.25) is 0 Å². The number of carbonyl (C=O) groups excluding carboxylic acids is 1. The molecule has 0 saturated heterocycles. The van der Waals surface area contributed by atoms with Gasteiger partial charge < -0.3 is 14.8 Å². The van der Waals surface area contributed by atoms with Crippen molar-refractivity contribution in [3.8, 4) is 0 Å². The Hall–Kier alpha value is -1.29. The predicted octanol–water partition coefficient (Wildman–Crippen LogP) is 1.81. The summed E-state index contributed by atoms with van der Waals surface area (Å²) in [5, 5.41) is 11.9. The van der Waals surface area contributed by atoms with E-state index in [1.807, 2.05) is 0 Å². The summed E-state index contributed by atoms with van der Waals surface area (Å²) in [4.78, 5) is 11.6. The Labute approximate surface area is 95.7 Å². The second kappa shape index (κ2) is 5.16. The number of aliphatic hydroxyl groups is 1. The van der Waals surface area contributed by atoms with Crippen LogP contribution in [-0.2, 0) is 0 Å². The number of hydrogen-bond donors (Lipinski definition) is 2. The highest BCUT2D eigenvalue weighted by Crippen LogP contribution is 2.20. The molecule has 0 aromatic carbocycles. The zero-order valence-electron chi connectivity index (χ0n) is 9.99. The summed E-state index contributed by atoms with van der Waals surface area (Å²) < 4.78 is 4.98. The molecule has 1 heterocycles. The number of aliphatic hydroxyl groups excluding tert-OH is 1. The minimum absolute atomic E-state index is 0.0594. The van der Waals surface area contributed by atoms with Crippen molar-refractivity contribution in [1.82, 2.24) is 5.32 Å². The normalized spacial score (nSPS) is 13.5. The van der Waals surface area contributed by atoms with Crippen molar-refractivity contribution >= 4 is 5.91 Å². The Bertz CT molecular complexity index is 325. The fourth-order valence-electron chi connectivity index (χ4n) is 1.56. The molecule has 0 spiro atoms. The Morgan fingerprint density at radius 1 is 1.56 bits per heavy atom. The third-order valence-electron chi connectivity index (χ3n) is 2.16. The van der Waals surface area contributed by atoms with Gasteiger partial charge in [-0.1, -0.05) is 20.8 Å². The van der Waals surface area contributed by atoms with Crippen molar-refractivity contribution in [2.75, 3.05) is 6.61 Å². The molecule has 0 fully saturated rings. The fraction of sp³-hybridized carbons (Fsp3) is 0.583. The van der Waals surface area contributed by atoms with E-state index in [4.69, 9.17) is 4.42 Å². The van der Waals surface area contributed by atoms with E-state index in [9.17, 15) is 9.90 Å². The Balaban J connectivity index is 2.54. The minimum Gasteiger partial charge on any atom is -0.459 e. The summed E-state index contributed by atoms with van der Waals surface area (Å²) in [6.45, 7) is 6.13. The van der Waals surface area contributed by atoms with Crippen LogP contribution >= 0.6 is 0 Å². The third kappa shape index (κ3) is 4.06. The Morgan fingerprint density at radius 3 is 2.69 bits per heavy atom. The monoisotopic (exact) mass is 225 g/mol. The van der Waals surface area contributed by atoms with Gasteiger partial charge in [0, 0.05) is 0 Å². The van der Waals surface area contributed by atoms with Gasteiger partial charge >= 0.3 is 0 Å². The highest BCUT2D eigenvalue weighted by atomic mass is 16.3. The largest absolute Gasteiger partial charge is 0.459 e. The van der Waals surface area contributed by atoms with E-state index in [0.29, 0.717) is 0 Å². The maximum atomic E-state index is 11.6. The molecule has 0 saturated carbocycles. The van der Waals surface area contributed by atoms with E-state index in [1.54, 1.807) is 12.1 Å². The van der Waals surface area contributed by atoms with Gasteiger partial charge in [-0.05, 0) is 24.0 Å². The highest BCUT2D eigenvalue weighted by Gasteiger charge is 2.21. The van der Waals surface area contributed by atoms with Gasteiger partial charge in [0.15, 0.2) is 5.76 Å². The van der Waals surface area contributed by atoms with Gasteiger partial charge in [-0.3, -0.25) is 4.79 Å². The molecule has 1 rings (SSSR count).